The van der Waals surface area contributed by atoms with Crippen molar-refractivity contribution in [1.82, 2.24) is 45.2 Å². The third kappa shape index (κ3) is 21.8. The number of amides is 2. The highest BCUT2D eigenvalue weighted by Crippen LogP contribution is 2.17. The van der Waals surface area contributed by atoms with Crippen LogP contribution in [0.1, 0.15) is 67.7 Å². The van der Waals surface area contributed by atoms with Crippen molar-refractivity contribution in [3.05, 3.63) is 47.0 Å². The Balaban J connectivity index is 1.69. The van der Waals surface area contributed by atoms with Crippen molar-refractivity contribution in [2.24, 2.45) is 0 Å². The van der Waals surface area contributed by atoms with Gasteiger partial charge >= 0.3 is 47.8 Å². The number of benzene rings is 1. The van der Waals surface area contributed by atoms with Gasteiger partial charge in [-0.15, -0.1) is 0 Å². The number of carbonyl (C=O) groups excluding carboxylic acids is 1. The zero-order valence-electron chi connectivity index (χ0n) is 38.4. The van der Waals surface area contributed by atoms with Gasteiger partial charge in [0, 0.05) is 85.2 Å². The molecule has 1 aromatic heterocycles. The summed E-state index contributed by atoms with van der Waals surface area (Å²) in [5.74, 6) is -6.87. The van der Waals surface area contributed by atoms with Crippen molar-refractivity contribution in [2.45, 2.75) is 82.3 Å². The van der Waals surface area contributed by atoms with Gasteiger partial charge in [0.25, 0.3) is 0 Å². The number of nitrogens with one attached hydrogen (secondary N) is 2. The predicted molar refractivity (Wildman–Crippen MR) is 241 cm³/mol. The van der Waals surface area contributed by atoms with Crippen molar-refractivity contribution in [2.75, 3.05) is 91.0 Å². The lowest BCUT2D eigenvalue weighted by atomic mass is 10.0. The van der Waals surface area contributed by atoms with E-state index in [2.05, 4.69) is 20.6 Å². The third-order valence-electron chi connectivity index (χ3n) is 11.0. The molecule has 1 aliphatic rings. The van der Waals surface area contributed by atoms with Crippen LogP contribution < -0.4 is 15.5 Å². The Morgan fingerprint density at radius 3 is 1.60 bits per heavy atom. The van der Waals surface area contributed by atoms with E-state index in [-0.39, 0.29) is 84.8 Å². The van der Waals surface area contributed by atoms with Gasteiger partial charge in [0.05, 0.1) is 26.2 Å². The number of anilines is 1. The summed E-state index contributed by atoms with van der Waals surface area (Å²) < 4.78 is 0. The van der Waals surface area contributed by atoms with E-state index in [9.17, 15) is 69.0 Å². The van der Waals surface area contributed by atoms with Gasteiger partial charge < -0.3 is 51.3 Å². The molecule has 25 nitrogen and oxygen atoms in total. The molecule has 2 aromatic rings. The number of carboxylic acid groups (broad SMARTS) is 7. The fourth-order valence-corrected chi connectivity index (χ4v) is 7.58. The Morgan fingerprint density at radius 2 is 1.07 bits per heavy atom. The number of rotatable bonds is 27. The lowest BCUT2D eigenvalue weighted by Crippen LogP contribution is -2.53. The first-order valence-electron chi connectivity index (χ1n) is 22.2. The molecular weight excluding hydrogens is 897 g/mol. The number of urea groups is 1. The molecule has 0 aliphatic carbocycles. The number of nitrogens with zero attached hydrogens (tertiary/aromatic N) is 8. The maximum Gasteiger partial charge on any atom is 0.326 e. The van der Waals surface area contributed by atoms with Gasteiger partial charge in [0.15, 0.2) is 0 Å². The Labute approximate surface area is 392 Å². The standard InChI is InChI=1S/C43H64N10O15/c1-49(2)42-47-33(8-6-4-3-5-7-31(40(64)65)44-43(68)45-32(41(66)67)13-14-35(54)55)46-34(48-42)22-29-11-9-28(10-12-29)21-30-23-52(26-38(60)61)18-17-50(24-36(56)57)15-16-51(25-37(58)59)19-20-53(30)27-39(62)63/h9-12,30-32H,3-8,13-27H2,1-2H3,(H,54,55)(H,56,57)(H,58,59)(H,60,61)(H,62,63)(H,64,65)(H,66,67)(H2,44,45,68)/t30?,31-,32-/m0/s1. The quantitative estimate of drug-likeness (QED) is 0.0513. The summed E-state index contributed by atoms with van der Waals surface area (Å²) >= 11 is 0. The molecular formula is C43H64N10O15. The molecule has 1 fully saturated rings. The van der Waals surface area contributed by atoms with Crippen molar-refractivity contribution in [3.8, 4) is 0 Å². The van der Waals surface area contributed by atoms with Crippen LogP contribution in [0.15, 0.2) is 24.3 Å². The highest BCUT2D eigenvalue weighted by Gasteiger charge is 2.28. The number of aliphatic carboxylic acids is 7. The second kappa shape index (κ2) is 28.6. The molecule has 25 heteroatoms. The summed E-state index contributed by atoms with van der Waals surface area (Å²) in [5.41, 5.74) is 1.69. The van der Waals surface area contributed by atoms with Crippen LogP contribution in [0.2, 0.25) is 0 Å². The van der Waals surface area contributed by atoms with Crippen LogP contribution in [0, 0.1) is 0 Å². The highest BCUT2D eigenvalue weighted by molar-refractivity contribution is 5.86. The van der Waals surface area contributed by atoms with Crippen molar-refractivity contribution in [3.63, 3.8) is 0 Å². The Bertz CT molecular complexity index is 2030. The number of unbranched alkanes of at least 4 members (excludes halogenated alkanes) is 3. The summed E-state index contributed by atoms with van der Waals surface area (Å²) in [6.07, 6.45) is 2.71. The molecule has 9 N–H and O–H groups in total. The van der Waals surface area contributed by atoms with Crippen LogP contribution in [0.4, 0.5) is 10.7 Å². The van der Waals surface area contributed by atoms with Crippen LogP contribution in [0.25, 0.3) is 0 Å². The predicted octanol–water partition coefficient (Wildman–Crippen LogP) is -0.437. The van der Waals surface area contributed by atoms with Gasteiger partial charge in [-0.25, -0.2) is 19.4 Å². The first-order valence-corrected chi connectivity index (χ1v) is 22.2. The second-order valence-corrected chi connectivity index (χ2v) is 16.8. The fraction of sp³-hybridized carbons (Fsp3) is 0.605. The molecule has 1 unspecified atom stereocenters. The molecule has 0 saturated carbocycles. The van der Waals surface area contributed by atoms with Crippen LogP contribution in [-0.2, 0) is 52.8 Å². The fourth-order valence-electron chi connectivity index (χ4n) is 7.58. The van der Waals surface area contributed by atoms with E-state index in [1.54, 1.807) is 38.6 Å². The SMILES string of the molecule is CN(C)c1nc(CCCCCC[C@H](NC(=O)N[C@@H](CCC(=O)O)C(=O)O)C(=O)O)nc(Cc2ccc(CC3CN(CC(=O)O)CCN(CC(=O)O)CCN(CC(=O)O)CCN3CC(=O)O)cc2)n1. The van der Waals surface area contributed by atoms with Crippen LogP contribution in [0.3, 0.4) is 0 Å². The van der Waals surface area contributed by atoms with Crippen LogP contribution in [-0.4, -0.2) is 222 Å². The first kappa shape index (κ1) is 55.8. The largest absolute Gasteiger partial charge is 0.481 e. The van der Waals surface area contributed by atoms with E-state index >= 15 is 0 Å². The highest BCUT2D eigenvalue weighted by atomic mass is 16.4. The average molecular weight is 961 g/mol. The topological polar surface area (TPSA) is 357 Å². The summed E-state index contributed by atoms with van der Waals surface area (Å²) in [7, 11) is 3.60. The molecule has 376 valence electrons. The van der Waals surface area contributed by atoms with Crippen molar-refractivity contribution >= 4 is 53.8 Å². The van der Waals surface area contributed by atoms with E-state index in [1.165, 1.54) is 0 Å². The zero-order valence-corrected chi connectivity index (χ0v) is 38.4. The van der Waals surface area contributed by atoms with E-state index in [1.807, 2.05) is 24.3 Å². The number of aromatic nitrogens is 3. The monoisotopic (exact) mass is 960 g/mol. The van der Waals surface area contributed by atoms with E-state index in [0.717, 1.165) is 11.1 Å². The summed E-state index contributed by atoms with van der Waals surface area (Å²) in [6.45, 7) is -0.177. The normalized spacial score (nSPS) is 16.6. The van der Waals surface area contributed by atoms with Crippen molar-refractivity contribution in [1.29, 1.82) is 0 Å². The Morgan fingerprint density at radius 1 is 0.588 bits per heavy atom. The molecule has 2 amide bonds. The maximum atomic E-state index is 12.3. The molecule has 3 atom stereocenters. The number of carbonyl (C=O) groups is 8. The van der Waals surface area contributed by atoms with E-state index in [0.29, 0.717) is 62.5 Å². The lowest BCUT2D eigenvalue weighted by molar-refractivity contribution is -0.142. The van der Waals surface area contributed by atoms with Gasteiger partial charge in [-0.3, -0.25) is 43.6 Å². The third-order valence-corrected chi connectivity index (χ3v) is 11.0. The van der Waals surface area contributed by atoms with Gasteiger partial charge in [-0.2, -0.15) is 9.97 Å². The number of hydrogen-bond acceptors (Lipinski definition) is 16. The van der Waals surface area contributed by atoms with Gasteiger partial charge in [0.2, 0.25) is 5.95 Å². The van der Waals surface area contributed by atoms with Gasteiger partial charge in [-0.05, 0) is 36.8 Å². The molecule has 2 heterocycles. The smallest absolute Gasteiger partial charge is 0.326 e. The van der Waals surface area contributed by atoms with Crippen LogP contribution in [0.5, 0.6) is 0 Å². The lowest BCUT2D eigenvalue weighted by Gasteiger charge is -2.37. The number of carboxylic acids is 7. The minimum absolute atomic E-state index is 0.0713. The minimum Gasteiger partial charge on any atom is -0.481 e. The summed E-state index contributed by atoms with van der Waals surface area (Å²) in [6, 6.07) is 3.20. The van der Waals surface area contributed by atoms with E-state index < -0.39 is 72.4 Å². The van der Waals surface area contributed by atoms with Crippen molar-refractivity contribution < 1.29 is 74.1 Å². The second-order valence-electron chi connectivity index (χ2n) is 16.8. The zero-order chi connectivity index (χ0) is 50.3. The molecule has 0 spiro atoms. The van der Waals surface area contributed by atoms with Crippen LogP contribution >= 0.6 is 0 Å². The number of hydrogen-bond donors (Lipinski definition) is 9. The number of aryl methyl sites for hydroxylation is 1. The molecule has 3 rings (SSSR count). The molecule has 0 bridgehead atoms. The Hall–Kier alpha value is -6.57. The average Bonchev–Trinajstić information content (AvgIpc) is 3.24. The molecule has 1 saturated heterocycles. The molecule has 1 aromatic carbocycles. The Kier molecular flexibility index (Phi) is 23.4. The molecule has 68 heavy (non-hydrogen) atoms. The molecule has 0 radical (unpaired) electrons. The molecule has 1 aliphatic heterocycles. The maximum absolute atomic E-state index is 12.3. The van der Waals surface area contributed by atoms with Gasteiger partial charge in [0.1, 0.15) is 23.7 Å². The first-order chi connectivity index (χ1) is 32.2. The summed E-state index contributed by atoms with van der Waals surface area (Å²) in [5, 5.41) is 70.9. The summed E-state index contributed by atoms with van der Waals surface area (Å²) in [4.78, 5) is 116. The van der Waals surface area contributed by atoms with E-state index in [4.69, 9.17) is 10.1 Å². The minimum atomic E-state index is -1.50. The van der Waals surface area contributed by atoms with Gasteiger partial charge in [-0.1, -0.05) is 43.5 Å².